The lowest BCUT2D eigenvalue weighted by atomic mass is 10.5. The number of ether oxygens (including phenoxy) is 2. The van der Waals surface area contributed by atoms with Gasteiger partial charge in [-0.1, -0.05) is 34.9 Å². The summed E-state index contributed by atoms with van der Waals surface area (Å²) in [5, 5.41) is 8.30. The third kappa shape index (κ3) is 7.25. The first-order valence-corrected chi connectivity index (χ1v) is 8.22. The summed E-state index contributed by atoms with van der Waals surface area (Å²) in [4.78, 5) is 0. The smallest absolute Gasteiger partial charge is 0.175 e. The summed E-state index contributed by atoms with van der Waals surface area (Å²) < 4.78 is 12.1. The van der Waals surface area contributed by atoms with E-state index in [1.807, 2.05) is 0 Å². The molecule has 0 unspecified atom stereocenters. The third-order valence-corrected chi connectivity index (χ3v) is 5.19. The van der Waals surface area contributed by atoms with E-state index in [9.17, 15) is 0 Å². The lowest BCUT2D eigenvalue weighted by Crippen LogP contribution is -1.89. The van der Waals surface area contributed by atoms with Crippen LogP contribution in [0.5, 0.6) is 0 Å². The summed E-state index contributed by atoms with van der Waals surface area (Å²) in [5.74, 6) is 2.08. The van der Waals surface area contributed by atoms with Gasteiger partial charge in [0.15, 0.2) is 8.68 Å². The minimum atomic E-state index is 0.810. The second-order valence-electron chi connectivity index (χ2n) is 3.22. The van der Waals surface area contributed by atoms with Crippen molar-refractivity contribution in [2.24, 2.45) is 0 Å². The number of rotatable bonds is 10. The summed E-state index contributed by atoms with van der Waals surface area (Å²) >= 11 is 5.17. The first-order chi connectivity index (χ1) is 8.36. The molecule has 0 saturated heterocycles. The molecule has 0 aromatic carbocycles. The van der Waals surface area contributed by atoms with Crippen molar-refractivity contribution >= 4 is 34.9 Å². The Labute approximate surface area is 115 Å². The van der Waals surface area contributed by atoms with E-state index in [0.29, 0.717) is 0 Å². The number of hydrogen-bond acceptors (Lipinski definition) is 7. The zero-order chi connectivity index (χ0) is 12.3. The van der Waals surface area contributed by atoms with Crippen molar-refractivity contribution in [3.05, 3.63) is 0 Å². The van der Waals surface area contributed by atoms with Gasteiger partial charge in [-0.25, -0.2) is 0 Å². The molecular formula is C10H18N2O2S3. The Hall–Kier alpha value is 0.180. The molecule has 0 N–H and O–H groups in total. The van der Waals surface area contributed by atoms with Gasteiger partial charge in [0, 0.05) is 38.9 Å². The van der Waals surface area contributed by atoms with Gasteiger partial charge < -0.3 is 9.47 Å². The molecule has 0 radical (unpaired) electrons. The van der Waals surface area contributed by atoms with E-state index in [1.165, 1.54) is 0 Å². The minimum absolute atomic E-state index is 0.810. The van der Waals surface area contributed by atoms with E-state index in [4.69, 9.17) is 9.47 Å². The van der Waals surface area contributed by atoms with Crippen LogP contribution in [0.4, 0.5) is 0 Å². The van der Waals surface area contributed by atoms with Gasteiger partial charge in [0.2, 0.25) is 0 Å². The molecule has 0 saturated carbocycles. The molecule has 7 heteroatoms. The summed E-state index contributed by atoms with van der Waals surface area (Å²) in [6.07, 6.45) is 2.11. The predicted molar refractivity (Wildman–Crippen MR) is 74.3 cm³/mol. The lowest BCUT2D eigenvalue weighted by Gasteiger charge is -1.96. The predicted octanol–water partition coefficient (Wildman–Crippen LogP) is 2.80. The van der Waals surface area contributed by atoms with Crippen LogP contribution in [-0.2, 0) is 9.47 Å². The van der Waals surface area contributed by atoms with Crippen LogP contribution in [0, 0.1) is 0 Å². The Balaban J connectivity index is 2.14. The summed E-state index contributed by atoms with van der Waals surface area (Å²) in [7, 11) is 3.45. The molecule has 1 rings (SSSR count). The van der Waals surface area contributed by atoms with Gasteiger partial charge >= 0.3 is 0 Å². The average molecular weight is 294 g/mol. The highest BCUT2D eigenvalue weighted by atomic mass is 32.2. The molecule has 0 atom stereocenters. The van der Waals surface area contributed by atoms with Crippen LogP contribution in [0.1, 0.15) is 12.8 Å². The number of aromatic nitrogens is 2. The van der Waals surface area contributed by atoms with Gasteiger partial charge in [0.25, 0.3) is 0 Å². The van der Waals surface area contributed by atoms with Gasteiger partial charge in [0.05, 0.1) is 0 Å². The highest BCUT2D eigenvalue weighted by molar-refractivity contribution is 8.03. The average Bonchev–Trinajstić information content (AvgIpc) is 2.78. The quantitative estimate of drug-likeness (QED) is 0.488. The van der Waals surface area contributed by atoms with E-state index < -0.39 is 0 Å². The van der Waals surface area contributed by atoms with Crippen LogP contribution >= 0.6 is 34.9 Å². The van der Waals surface area contributed by atoms with E-state index >= 15 is 0 Å². The van der Waals surface area contributed by atoms with E-state index in [-0.39, 0.29) is 0 Å². The highest BCUT2D eigenvalue weighted by Gasteiger charge is 2.04. The van der Waals surface area contributed by atoms with Gasteiger partial charge in [-0.05, 0) is 12.8 Å². The molecule has 1 heterocycles. The number of hydrogen-bond donors (Lipinski definition) is 0. The Morgan fingerprint density at radius 1 is 0.941 bits per heavy atom. The van der Waals surface area contributed by atoms with Gasteiger partial charge in [-0.15, -0.1) is 10.2 Å². The second kappa shape index (κ2) is 10.1. The maximum absolute atomic E-state index is 5.00. The van der Waals surface area contributed by atoms with Crippen molar-refractivity contribution in [2.75, 3.05) is 38.9 Å². The Morgan fingerprint density at radius 3 is 1.82 bits per heavy atom. The van der Waals surface area contributed by atoms with E-state index in [0.717, 1.165) is 46.2 Å². The largest absolute Gasteiger partial charge is 0.385 e. The fourth-order valence-corrected chi connectivity index (χ4v) is 4.03. The lowest BCUT2D eigenvalue weighted by molar-refractivity contribution is 0.200. The molecule has 1 aromatic heterocycles. The summed E-state index contributed by atoms with van der Waals surface area (Å²) in [6, 6.07) is 0. The molecule has 0 bridgehead atoms. The topological polar surface area (TPSA) is 44.2 Å². The molecule has 0 spiro atoms. The normalized spacial score (nSPS) is 10.9. The molecule has 0 aliphatic rings. The molecule has 17 heavy (non-hydrogen) atoms. The van der Waals surface area contributed by atoms with Gasteiger partial charge in [-0.3, -0.25) is 0 Å². The van der Waals surface area contributed by atoms with E-state index in [2.05, 4.69) is 10.2 Å². The summed E-state index contributed by atoms with van der Waals surface area (Å²) in [5.41, 5.74) is 0. The maximum Gasteiger partial charge on any atom is 0.175 e. The second-order valence-corrected chi connectivity index (χ2v) is 6.89. The van der Waals surface area contributed by atoms with Crippen molar-refractivity contribution in [3.63, 3.8) is 0 Å². The number of nitrogens with zero attached hydrogens (tertiary/aromatic N) is 2. The third-order valence-electron chi connectivity index (χ3n) is 1.82. The van der Waals surface area contributed by atoms with Crippen LogP contribution in [0.15, 0.2) is 8.68 Å². The standard InChI is InChI=1S/C10H18N2O2S3/c1-13-5-3-7-15-9-11-12-10(17-9)16-8-4-6-14-2/h3-8H2,1-2H3. The molecule has 4 nitrogen and oxygen atoms in total. The molecule has 98 valence electrons. The molecular weight excluding hydrogens is 276 g/mol. The Kier molecular flexibility index (Phi) is 9.08. The van der Waals surface area contributed by atoms with Crippen LogP contribution < -0.4 is 0 Å². The van der Waals surface area contributed by atoms with Crippen molar-refractivity contribution in [3.8, 4) is 0 Å². The zero-order valence-electron chi connectivity index (χ0n) is 10.2. The minimum Gasteiger partial charge on any atom is -0.385 e. The van der Waals surface area contributed by atoms with E-state index in [1.54, 1.807) is 49.1 Å². The SMILES string of the molecule is COCCCSc1nnc(SCCCOC)s1. The Morgan fingerprint density at radius 2 is 1.41 bits per heavy atom. The van der Waals surface area contributed by atoms with Crippen LogP contribution in [0.3, 0.4) is 0 Å². The van der Waals surface area contributed by atoms with Gasteiger partial charge in [-0.2, -0.15) is 0 Å². The van der Waals surface area contributed by atoms with Crippen molar-refractivity contribution in [2.45, 2.75) is 21.5 Å². The fraction of sp³-hybridized carbons (Fsp3) is 0.800. The first kappa shape index (κ1) is 15.2. The fourth-order valence-electron chi connectivity index (χ4n) is 1.04. The molecule has 0 aliphatic carbocycles. The molecule has 0 aliphatic heterocycles. The maximum atomic E-state index is 5.00. The molecule has 0 amide bonds. The number of thioether (sulfide) groups is 2. The van der Waals surface area contributed by atoms with Crippen molar-refractivity contribution < 1.29 is 9.47 Å². The molecule has 0 fully saturated rings. The van der Waals surface area contributed by atoms with Crippen LogP contribution in [-0.4, -0.2) is 49.1 Å². The van der Waals surface area contributed by atoms with Crippen molar-refractivity contribution in [1.29, 1.82) is 0 Å². The van der Waals surface area contributed by atoms with Gasteiger partial charge in [0.1, 0.15) is 0 Å². The molecule has 1 aromatic rings. The highest BCUT2D eigenvalue weighted by Crippen LogP contribution is 2.29. The monoisotopic (exact) mass is 294 g/mol. The zero-order valence-corrected chi connectivity index (χ0v) is 12.6. The Bertz CT molecular complexity index is 270. The van der Waals surface area contributed by atoms with Crippen LogP contribution in [0.2, 0.25) is 0 Å². The van der Waals surface area contributed by atoms with Crippen molar-refractivity contribution in [1.82, 2.24) is 10.2 Å². The summed E-state index contributed by atoms with van der Waals surface area (Å²) in [6.45, 7) is 1.62. The van der Waals surface area contributed by atoms with Crippen LogP contribution in [0.25, 0.3) is 0 Å². The first-order valence-electron chi connectivity index (χ1n) is 5.43. The number of methoxy groups -OCH3 is 2.